The van der Waals surface area contributed by atoms with Crippen LogP contribution in [0.4, 0.5) is 26.7 Å². The van der Waals surface area contributed by atoms with Gasteiger partial charge in [-0.1, -0.05) is 45.0 Å². The van der Waals surface area contributed by atoms with Crippen molar-refractivity contribution in [3.05, 3.63) is 78.6 Å². The summed E-state index contributed by atoms with van der Waals surface area (Å²) >= 11 is 0. The zero-order chi connectivity index (χ0) is 28.2. The van der Waals surface area contributed by atoms with Gasteiger partial charge in [0.05, 0.1) is 24.2 Å². The van der Waals surface area contributed by atoms with Gasteiger partial charge in [-0.2, -0.15) is 0 Å². The number of nitrogens with zero attached hydrogens (tertiary/aromatic N) is 2. The van der Waals surface area contributed by atoms with E-state index in [4.69, 9.17) is 9.47 Å². The average molecular weight is 528 g/mol. The summed E-state index contributed by atoms with van der Waals surface area (Å²) in [5.74, 6) is 1.67. The Labute approximate surface area is 228 Å². The molecule has 39 heavy (non-hydrogen) atoms. The first-order valence-electron chi connectivity index (χ1n) is 12.5. The van der Waals surface area contributed by atoms with Crippen molar-refractivity contribution in [1.29, 1.82) is 0 Å². The number of rotatable bonds is 6. The number of amides is 4. The van der Waals surface area contributed by atoms with Crippen molar-refractivity contribution >= 4 is 39.9 Å². The molecule has 202 valence electrons. The number of pyridine rings is 1. The van der Waals surface area contributed by atoms with E-state index < -0.39 is 6.03 Å². The van der Waals surface area contributed by atoms with Gasteiger partial charge in [-0.15, -0.1) is 0 Å². The maximum absolute atomic E-state index is 13.3. The molecule has 0 saturated carbocycles. The standard InChI is InChI=1S/C30H33N5O4/c1-30(2,3)19-17-24(27(38-6)25(18-19)34-29(37)35(4)5)33-28(36)32-23-11-12-26(22-10-8-7-9-21(22)23)39-20-13-15-31-16-14-20/h7-18H,1-6H3,(H,34,37)(H2,32,33,36). The van der Waals surface area contributed by atoms with Gasteiger partial charge in [0.25, 0.3) is 0 Å². The van der Waals surface area contributed by atoms with E-state index in [0.717, 1.165) is 16.3 Å². The number of hydrogen-bond donors (Lipinski definition) is 3. The van der Waals surface area contributed by atoms with E-state index in [1.165, 1.54) is 12.0 Å². The summed E-state index contributed by atoms with van der Waals surface area (Å²) in [5, 5.41) is 10.4. The predicted molar refractivity (Wildman–Crippen MR) is 155 cm³/mol. The van der Waals surface area contributed by atoms with Crippen LogP contribution in [-0.2, 0) is 5.41 Å². The third kappa shape index (κ3) is 6.38. The number of carbonyl (C=O) groups excluding carboxylic acids is 2. The first kappa shape index (κ1) is 27.3. The van der Waals surface area contributed by atoms with Crippen molar-refractivity contribution < 1.29 is 19.1 Å². The lowest BCUT2D eigenvalue weighted by atomic mass is 9.86. The van der Waals surface area contributed by atoms with E-state index in [1.54, 1.807) is 44.7 Å². The molecule has 0 aliphatic heterocycles. The van der Waals surface area contributed by atoms with Gasteiger partial charge in [0, 0.05) is 37.3 Å². The van der Waals surface area contributed by atoms with Crippen LogP contribution in [-0.4, -0.2) is 43.2 Å². The maximum Gasteiger partial charge on any atom is 0.323 e. The van der Waals surface area contributed by atoms with Gasteiger partial charge in [-0.25, -0.2) is 9.59 Å². The molecule has 0 atom stereocenters. The SMILES string of the molecule is COc1c(NC(=O)Nc2ccc(Oc3ccncc3)c3ccccc23)cc(C(C)(C)C)cc1NC(=O)N(C)C. The quantitative estimate of drug-likeness (QED) is 0.249. The Morgan fingerprint density at radius 1 is 0.821 bits per heavy atom. The van der Waals surface area contributed by atoms with Gasteiger partial charge in [0.2, 0.25) is 0 Å². The van der Waals surface area contributed by atoms with Crippen molar-refractivity contribution in [2.24, 2.45) is 0 Å². The lowest BCUT2D eigenvalue weighted by Gasteiger charge is -2.24. The number of carbonyl (C=O) groups is 2. The third-order valence-electron chi connectivity index (χ3n) is 6.06. The van der Waals surface area contributed by atoms with Crippen molar-refractivity contribution in [3.8, 4) is 17.2 Å². The highest BCUT2D eigenvalue weighted by Gasteiger charge is 2.22. The minimum atomic E-state index is -0.461. The Morgan fingerprint density at radius 3 is 2.05 bits per heavy atom. The van der Waals surface area contributed by atoms with Crippen molar-refractivity contribution in [2.45, 2.75) is 26.2 Å². The second-order valence-corrected chi connectivity index (χ2v) is 10.2. The summed E-state index contributed by atoms with van der Waals surface area (Å²) < 4.78 is 11.7. The number of anilines is 3. The highest BCUT2D eigenvalue weighted by atomic mass is 16.5. The molecule has 0 fully saturated rings. The minimum absolute atomic E-state index is 0.252. The maximum atomic E-state index is 13.3. The van der Waals surface area contributed by atoms with E-state index in [9.17, 15) is 9.59 Å². The molecular weight excluding hydrogens is 494 g/mol. The molecule has 0 radical (unpaired) electrons. The summed E-state index contributed by atoms with van der Waals surface area (Å²) in [6, 6.07) is 17.8. The molecule has 4 rings (SSSR count). The van der Waals surface area contributed by atoms with Gasteiger partial charge in [0.1, 0.15) is 11.5 Å². The lowest BCUT2D eigenvalue weighted by molar-refractivity contribution is 0.230. The number of urea groups is 2. The molecule has 0 unspecified atom stereocenters. The molecule has 1 aromatic heterocycles. The topological polar surface area (TPSA) is 105 Å². The molecule has 4 amide bonds. The largest absolute Gasteiger partial charge is 0.492 e. The molecule has 3 N–H and O–H groups in total. The van der Waals surface area contributed by atoms with Gasteiger partial charge in [-0.3, -0.25) is 4.98 Å². The number of aromatic nitrogens is 1. The highest BCUT2D eigenvalue weighted by molar-refractivity contribution is 6.08. The number of ether oxygens (including phenoxy) is 2. The fraction of sp³-hybridized carbons (Fsp3) is 0.233. The first-order chi connectivity index (χ1) is 18.6. The molecule has 0 aliphatic rings. The van der Waals surface area contributed by atoms with Crippen molar-refractivity contribution in [2.75, 3.05) is 37.2 Å². The number of nitrogens with one attached hydrogen (secondary N) is 3. The normalized spacial score (nSPS) is 11.0. The van der Waals surface area contributed by atoms with Crippen LogP contribution in [0.15, 0.2) is 73.1 Å². The number of fused-ring (bicyclic) bond motifs is 1. The lowest BCUT2D eigenvalue weighted by Crippen LogP contribution is -2.28. The first-order valence-corrected chi connectivity index (χ1v) is 12.5. The van der Waals surface area contributed by atoms with E-state index in [-0.39, 0.29) is 11.4 Å². The monoisotopic (exact) mass is 527 g/mol. The van der Waals surface area contributed by atoms with Crippen LogP contribution in [0.5, 0.6) is 17.2 Å². The Bertz CT molecular complexity index is 1500. The highest BCUT2D eigenvalue weighted by Crippen LogP contribution is 2.39. The summed E-state index contributed by atoms with van der Waals surface area (Å²) in [6.07, 6.45) is 3.33. The van der Waals surface area contributed by atoms with Gasteiger partial charge in [-0.05, 0) is 47.4 Å². The van der Waals surface area contributed by atoms with E-state index in [0.29, 0.717) is 34.3 Å². The summed E-state index contributed by atoms with van der Waals surface area (Å²) in [7, 11) is 4.80. The molecule has 9 nitrogen and oxygen atoms in total. The molecule has 1 heterocycles. The Kier molecular flexibility index (Phi) is 7.90. The number of benzene rings is 3. The molecule has 0 aliphatic carbocycles. The average Bonchev–Trinajstić information content (AvgIpc) is 2.90. The van der Waals surface area contributed by atoms with Gasteiger partial charge >= 0.3 is 12.1 Å². The molecule has 9 heteroatoms. The summed E-state index contributed by atoms with van der Waals surface area (Å²) in [6.45, 7) is 6.16. The molecule has 4 aromatic rings. The molecule has 0 saturated heterocycles. The number of methoxy groups -OCH3 is 1. The van der Waals surface area contributed by atoms with Crippen LogP contribution < -0.4 is 25.4 Å². The Morgan fingerprint density at radius 2 is 1.44 bits per heavy atom. The molecular formula is C30H33N5O4. The summed E-state index contributed by atoms with van der Waals surface area (Å²) in [5.41, 5.74) is 2.16. The van der Waals surface area contributed by atoms with E-state index in [2.05, 4.69) is 41.7 Å². The van der Waals surface area contributed by atoms with Crippen LogP contribution in [0.3, 0.4) is 0 Å². The fourth-order valence-corrected chi connectivity index (χ4v) is 3.97. The van der Waals surface area contributed by atoms with E-state index in [1.807, 2.05) is 42.5 Å². The fourth-order valence-electron chi connectivity index (χ4n) is 3.97. The van der Waals surface area contributed by atoms with Gasteiger partial charge in [0.15, 0.2) is 5.75 Å². The zero-order valence-electron chi connectivity index (χ0n) is 23.0. The van der Waals surface area contributed by atoms with Crippen molar-refractivity contribution in [3.63, 3.8) is 0 Å². The second kappa shape index (κ2) is 11.3. The van der Waals surface area contributed by atoms with Crippen LogP contribution >= 0.6 is 0 Å². The van der Waals surface area contributed by atoms with Crippen LogP contribution in [0.25, 0.3) is 10.8 Å². The van der Waals surface area contributed by atoms with Crippen LogP contribution in [0.2, 0.25) is 0 Å². The smallest absolute Gasteiger partial charge is 0.323 e. The Balaban J connectivity index is 1.65. The molecule has 0 bridgehead atoms. The second-order valence-electron chi connectivity index (χ2n) is 10.2. The zero-order valence-corrected chi connectivity index (χ0v) is 23.0. The van der Waals surface area contributed by atoms with Crippen LogP contribution in [0, 0.1) is 0 Å². The number of hydrogen-bond acceptors (Lipinski definition) is 5. The Hall–Kier alpha value is -4.79. The van der Waals surface area contributed by atoms with Gasteiger partial charge < -0.3 is 30.3 Å². The molecule has 0 spiro atoms. The third-order valence-corrected chi connectivity index (χ3v) is 6.06. The van der Waals surface area contributed by atoms with E-state index >= 15 is 0 Å². The minimum Gasteiger partial charge on any atom is -0.492 e. The molecule has 3 aromatic carbocycles. The summed E-state index contributed by atoms with van der Waals surface area (Å²) in [4.78, 5) is 31.1. The predicted octanol–water partition coefficient (Wildman–Crippen LogP) is 7.07. The van der Waals surface area contributed by atoms with Crippen molar-refractivity contribution in [1.82, 2.24) is 9.88 Å². The van der Waals surface area contributed by atoms with Crippen LogP contribution in [0.1, 0.15) is 26.3 Å².